The highest BCUT2D eigenvalue weighted by atomic mass is 16.5. The number of benzene rings is 1. The Balaban J connectivity index is 1.27. The molecule has 1 amide bonds. The maximum absolute atomic E-state index is 13.4. The van der Waals surface area contributed by atoms with Crippen molar-refractivity contribution in [3.8, 4) is 17.3 Å². The van der Waals surface area contributed by atoms with Gasteiger partial charge in [-0.2, -0.15) is 0 Å². The summed E-state index contributed by atoms with van der Waals surface area (Å²) in [6, 6.07) is 11.5. The van der Waals surface area contributed by atoms with Gasteiger partial charge in [-0.3, -0.25) is 4.79 Å². The second-order valence-electron chi connectivity index (χ2n) is 9.10. The van der Waals surface area contributed by atoms with E-state index in [9.17, 15) is 4.79 Å². The SMILES string of the molecule is COc1cc2c(cc1C(=O)Nc1cccc(-c3nnc4n3[C@@H](C)CC4)n1)CN(c1ncccn1)CC2. The van der Waals surface area contributed by atoms with Crippen molar-refractivity contribution in [2.45, 2.75) is 38.8 Å². The summed E-state index contributed by atoms with van der Waals surface area (Å²) in [5.74, 6) is 3.08. The van der Waals surface area contributed by atoms with Gasteiger partial charge < -0.3 is 19.5 Å². The van der Waals surface area contributed by atoms with Crippen LogP contribution in [0.15, 0.2) is 48.8 Å². The highest BCUT2D eigenvalue weighted by Crippen LogP contribution is 2.31. The number of hydrogen-bond acceptors (Lipinski definition) is 8. The first-order chi connectivity index (χ1) is 17.6. The van der Waals surface area contributed by atoms with E-state index >= 15 is 0 Å². The number of nitrogens with one attached hydrogen (secondary N) is 1. The van der Waals surface area contributed by atoms with E-state index in [2.05, 4.69) is 46.9 Å². The third-order valence-electron chi connectivity index (χ3n) is 6.83. The first kappa shape index (κ1) is 22.1. The maximum Gasteiger partial charge on any atom is 0.260 e. The Morgan fingerprint density at radius 3 is 2.78 bits per heavy atom. The van der Waals surface area contributed by atoms with Crippen LogP contribution in [0.3, 0.4) is 0 Å². The fourth-order valence-corrected chi connectivity index (χ4v) is 4.97. The predicted octanol–water partition coefficient (Wildman–Crippen LogP) is 3.46. The minimum absolute atomic E-state index is 0.285. The zero-order valence-corrected chi connectivity index (χ0v) is 20.2. The standard InChI is InChI=1S/C26H26N8O2/c1-16-7-8-23-31-32-24(34(16)23)20-5-3-6-22(29-20)30-25(35)19-13-18-15-33(26-27-10-4-11-28-26)12-9-17(18)14-21(19)36-2/h3-6,10-11,13-14,16H,7-9,12,15H2,1-2H3,(H,29,30,35)/t16-/m0/s1. The van der Waals surface area contributed by atoms with Gasteiger partial charge in [0.15, 0.2) is 5.82 Å². The van der Waals surface area contributed by atoms with Gasteiger partial charge in [0, 0.05) is 37.9 Å². The molecule has 0 fully saturated rings. The number of rotatable bonds is 5. The number of hydrogen-bond donors (Lipinski definition) is 1. The van der Waals surface area contributed by atoms with Crippen LogP contribution >= 0.6 is 0 Å². The van der Waals surface area contributed by atoms with Gasteiger partial charge in [0.1, 0.15) is 23.1 Å². The fourth-order valence-electron chi connectivity index (χ4n) is 4.97. The predicted molar refractivity (Wildman–Crippen MR) is 134 cm³/mol. The van der Waals surface area contributed by atoms with Gasteiger partial charge in [0.05, 0.1) is 12.7 Å². The van der Waals surface area contributed by atoms with Crippen molar-refractivity contribution in [2.24, 2.45) is 0 Å². The monoisotopic (exact) mass is 482 g/mol. The van der Waals surface area contributed by atoms with Crippen LogP contribution in [-0.2, 0) is 19.4 Å². The minimum atomic E-state index is -0.285. The summed E-state index contributed by atoms with van der Waals surface area (Å²) < 4.78 is 7.71. The number of fused-ring (bicyclic) bond motifs is 2. The Hall–Kier alpha value is -4.34. The lowest BCUT2D eigenvalue weighted by atomic mass is 9.96. The van der Waals surface area contributed by atoms with E-state index in [0.29, 0.717) is 41.4 Å². The van der Waals surface area contributed by atoms with E-state index in [1.165, 1.54) is 0 Å². The number of pyridine rings is 1. The highest BCUT2D eigenvalue weighted by molar-refractivity contribution is 6.06. The van der Waals surface area contributed by atoms with Gasteiger partial charge in [0.25, 0.3) is 5.91 Å². The molecule has 182 valence electrons. The largest absolute Gasteiger partial charge is 0.496 e. The molecule has 0 radical (unpaired) electrons. The van der Waals surface area contributed by atoms with Gasteiger partial charge in [-0.25, -0.2) is 15.0 Å². The first-order valence-corrected chi connectivity index (χ1v) is 12.0. The number of methoxy groups -OCH3 is 1. The number of ether oxygens (including phenoxy) is 1. The zero-order chi connectivity index (χ0) is 24.6. The van der Waals surface area contributed by atoms with Gasteiger partial charge in [0.2, 0.25) is 5.95 Å². The molecule has 36 heavy (non-hydrogen) atoms. The molecule has 1 N–H and O–H groups in total. The Morgan fingerprint density at radius 1 is 1.08 bits per heavy atom. The third kappa shape index (κ3) is 3.94. The fraction of sp³-hybridized carbons (Fsp3) is 0.308. The molecule has 2 aliphatic heterocycles. The summed E-state index contributed by atoms with van der Waals surface area (Å²) in [6.45, 7) is 3.57. The molecule has 6 rings (SSSR count). The number of nitrogens with zero attached hydrogens (tertiary/aromatic N) is 7. The van der Waals surface area contributed by atoms with E-state index in [1.54, 1.807) is 31.6 Å². The molecule has 4 aromatic rings. The van der Waals surface area contributed by atoms with E-state index < -0.39 is 0 Å². The van der Waals surface area contributed by atoms with Crippen LogP contribution in [0.4, 0.5) is 11.8 Å². The zero-order valence-electron chi connectivity index (χ0n) is 20.2. The first-order valence-electron chi connectivity index (χ1n) is 12.0. The molecule has 0 bridgehead atoms. The molecular formula is C26H26N8O2. The highest BCUT2D eigenvalue weighted by Gasteiger charge is 2.26. The molecule has 10 nitrogen and oxygen atoms in total. The number of aromatic nitrogens is 6. The average Bonchev–Trinajstić information content (AvgIpc) is 3.51. The van der Waals surface area contributed by atoms with Crippen LogP contribution < -0.4 is 15.0 Å². The summed E-state index contributed by atoms with van der Waals surface area (Å²) in [7, 11) is 1.58. The summed E-state index contributed by atoms with van der Waals surface area (Å²) >= 11 is 0. The van der Waals surface area contributed by atoms with Gasteiger partial charge in [-0.05, 0) is 61.2 Å². The molecule has 10 heteroatoms. The van der Waals surface area contributed by atoms with Crippen molar-refractivity contribution >= 4 is 17.7 Å². The third-order valence-corrected chi connectivity index (χ3v) is 6.83. The number of aryl methyl sites for hydroxylation is 1. The Morgan fingerprint density at radius 2 is 1.94 bits per heavy atom. The maximum atomic E-state index is 13.4. The Bertz CT molecular complexity index is 1440. The van der Waals surface area contributed by atoms with Crippen molar-refractivity contribution in [2.75, 3.05) is 23.9 Å². The summed E-state index contributed by atoms with van der Waals surface area (Å²) in [4.78, 5) is 28.9. The Labute approximate surface area is 208 Å². The molecule has 0 spiro atoms. The second kappa shape index (κ2) is 9.03. The smallest absolute Gasteiger partial charge is 0.260 e. The van der Waals surface area contributed by atoms with Crippen molar-refractivity contribution < 1.29 is 9.53 Å². The molecule has 2 aliphatic rings. The molecule has 5 heterocycles. The molecule has 1 atom stereocenters. The van der Waals surface area contributed by atoms with Crippen LogP contribution in [0.25, 0.3) is 11.5 Å². The van der Waals surface area contributed by atoms with E-state index in [-0.39, 0.29) is 5.91 Å². The molecule has 1 aromatic carbocycles. The van der Waals surface area contributed by atoms with Gasteiger partial charge in [-0.1, -0.05) is 6.07 Å². The summed E-state index contributed by atoms with van der Waals surface area (Å²) in [6.07, 6.45) is 6.24. The van der Waals surface area contributed by atoms with Crippen molar-refractivity contribution in [1.82, 2.24) is 29.7 Å². The molecule has 0 saturated carbocycles. The quantitative estimate of drug-likeness (QED) is 0.460. The minimum Gasteiger partial charge on any atom is -0.496 e. The lowest BCUT2D eigenvalue weighted by Crippen LogP contribution is -2.32. The van der Waals surface area contributed by atoms with Crippen LogP contribution in [0.1, 0.15) is 46.7 Å². The van der Waals surface area contributed by atoms with Crippen molar-refractivity contribution in [3.63, 3.8) is 0 Å². The topological polar surface area (TPSA) is 111 Å². The molecular weight excluding hydrogens is 456 g/mol. The molecule has 3 aromatic heterocycles. The molecule has 0 aliphatic carbocycles. The van der Waals surface area contributed by atoms with Crippen LogP contribution in [-0.4, -0.2) is 49.3 Å². The van der Waals surface area contributed by atoms with Crippen molar-refractivity contribution in [1.29, 1.82) is 0 Å². The van der Waals surface area contributed by atoms with Gasteiger partial charge in [-0.15, -0.1) is 10.2 Å². The normalized spacial score (nSPS) is 16.4. The number of carbonyl (C=O) groups is 1. The average molecular weight is 483 g/mol. The lowest BCUT2D eigenvalue weighted by Gasteiger charge is -2.29. The summed E-state index contributed by atoms with van der Waals surface area (Å²) in [5, 5.41) is 11.6. The van der Waals surface area contributed by atoms with Gasteiger partial charge >= 0.3 is 0 Å². The molecule has 0 saturated heterocycles. The van der Waals surface area contributed by atoms with Crippen LogP contribution in [0, 0.1) is 0 Å². The van der Waals surface area contributed by atoms with E-state index in [1.807, 2.05) is 24.3 Å². The number of carbonyl (C=O) groups excluding carboxylic acids is 1. The summed E-state index contributed by atoms with van der Waals surface area (Å²) in [5.41, 5.74) is 3.34. The molecule has 0 unspecified atom stereocenters. The Kier molecular flexibility index (Phi) is 5.55. The second-order valence-corrected chi connectivity index (χ2v) is 9.10. The number of anilines is 2. The van der Waals surface area contributed by atoms with E-state index in [4.69, 9.17) is 4.74 Å². The van der Waals surface area contributed by atoms with Crippen LogP contribution in [0.5, 0.6) is 5.75 Å². The van der Waals surface area contributed by atoms with Crippen LogP contribution in [0.2, 0.25) is 0 Å². The van der Waals surface area contributed by atoms with Crippen molar-refractivity contribution in [3.05, 3.63) is 71.3 Å². The lowest BCUT2D eigenvalue weighted by molar-refractivity contribution is 0.102. The van der Waals surface area contributed by atoms with E-state index in [0.717, 1.165) is 48.6 Å². The number of amides is 1.